The Labute approximate surface area is 204 Å². The summed E-state index contributed by atoms with van der Waals surface area (Å²) in [5, 5.41) is 3.20. The van der Waals surface area contributed by atoms with E-state index in [-0.39, 0.29) is 28.2 Å². The summed E-state index contributed by atoms with van der Waals surface area (Å²) in [4.78, 5) is 29.4. The number of nitrogens with one attached hydrogen (secondary N) is 1. The molecular formula is C27H32FN3O4. The zero-order valence-electron chi connectivity index (χ0n) is 20.3. The average molecular weight is 482 g/mol. The fourth-order valence-corrected chi connectivity index (χ4v) is 4.25. The molecule has 0 bridgehead atoms. The molecule has 186 valence electrons. The quantitative estimate of drug-likeness (QED) is 0.470. The molecule has 2 heterocycles. The van der Waals surface area contributed by atoms with Gasteiger partial charge < -0.3 is 19.4 Å². The maximum absolute atomic E-state index is 13.5. The molecule has 2 aromatic carbocycles. The molecule has 0 atom stereocenters. The molecule has 1 N–H and O–H groups in total. The van der Waals surface area contributed by atoms with Gasteiger partial charge in [0.1, 0.15) is 17.1 Å². The molecular weight excluding hydrogens is 449 g/mol. The third-order valence-electron chi connectivity index (χ3n) is 6.19. The normalized spacial score (nSPS) is 15.0. The van der Waals surface area contributed by atoms with Gasteiger partial charge in [-0.2, -0.15) is 0 Å². The molecule has 1 fully saturated rings. The van der Waals surface area contributed by atoms with Gasteiger partial charge >= 0.3 is 0 Å². The summed E-state index contributed by atoms with van der Waals surface area (Å²) in [6, 6.07) is 13.1. The van der Waals surface area contributed by atoms with Crippen LogP contribution in [-0.2, 0) is 6.54 Å². The first kappa shape index (κ1) is 24.9. The van der Waals surface area contributed by atoms with Crippen molar-refractivity contribution >= 4 is 16.9 Å². The van der Waals surface area contributed by atoms with Crippen LogP contribution in [0, 0.1) is 5.82 Å². The maximum Gasteiger partial charge on any atom is 0.287 e. The van der Waals surface area contributed by atoms with Gasteiger partial charge in [-0.3, -0.25) is 14.5 Å². The molecule has 0 aliphatic carbocycles. The third kappa shape index (κ3) is 6.90. The second kappa shape index (κ2) is 11.5. The second-order valence-corrected chi connectivity index (χ2v) is 9.29. The van der Waals surface area contributed by atoms with Gasteiger partial charge in [0.05, 0.1) is 12.0 Å². The van der Waals surface area contributed by atoms with E-state index in [1.165, 1.54) is 23.8 Å². The summed E-state index contributed by atoms with van der Waals surface area (Å²) in [6.07, 6.45) is 2.59. The molecule has 7 nitrogen and oxygen atoms in total. The molecule has 1 aliphatic rings. The van der Waals surface area contributed by atoms with E-state index in [1.54, 1.807) is 0 Å². The Morgan fingerprint density at radius 1 is 1.14 bits per heavy atom. The number of hydrogen-bond acceptors (Lipinski definition) is 6. The number of benzene rings is 2. The van der Waals surface area contributed by atoms with Gasteiger partial charge in [-0.1, -0.05) is 12.1 Å². The van der Waals surface area contributed by atoms with E-state index in [0.29, 0.717) is 6.61 Å². The molecule has 1 aliphatic heterocycles. The van der Waals surface area contributed by atoms with E-state index in [4.69, 9.17) is 9.15 Å². The van der Waals surface area contributed by atoms with Gasteiger partial charge in [0, 0.05) is 44.4 Å². The Bertz CT molecular complexity index is 1200. The van der Waals surface area contributed by atoms with Crippen LogP contribution in [0.25, 0.3) is 11.0 Å². The molecule has 1 aromatic heterocycles. The van der Waals surface area contributed by atoms with Crippen molar-refractivity contribution in [2.24, 2.45) is 0 Å². The number of amides is 1. The highest BCUT2D eigenvalue weighted by atomic mass is 19.1. The van der Waals surface area contributed by atoms with Gasteiger partial charge in [-0.05, 0) is 63.2 Å². The first-order valence-electron chi connectivity index (χ1n) is 12.0. The molecule has 3 aromatic rings. The van der Waals surface area contributed by atoms with Crippen LogP contribution in [0.3, 0.4) is 0 Å². The van der Waals surface area contributed by atoms with E-state index >= 15 is 0 Å². The van der Waals surface area contributed by atoms with Gasteiger partial charge in [-0.25, -0.2) is 4.39 Å². The number of fused-ring (bicyclic) bond motifs is 1. The van der Waals surface area contributed by atoms with Crippen LogP contribution in [0.1, 0.15) is 35.4 Å². The molecule has 35 heavy (non-hydrogen) atoms. The van der Waals surface area contributed by atoms with E-state index < -0.39 is 11.7 Å². The summed E-state index contributed by atoms with van der Waals surface area (Å²) < 4.78 is 24.8. The van der Waals surface area contributed by atoms with Crippen LogP contribution >= 0.6 is 0 Å². The number of nitrogens with zero attached hydrogens (tertiary/aromatic N) is 2. The molecule has 0 unspecified atom stereocenters. The Hall–Kier alpha value is -3.23. The third-order valence-corrected chi connectivity index (χ3v) is 6.19. The topological polar surface area (TPSA) is 75.0 Å². The van der Waals surface area contributed by atoms with Crippen LogP contribution in [0.5, 0.6) is 5.75 Å². The highest BCUT2D eigenvalue weighted by Crippen LogP contribution is 2.18. The lowest BCUT2D eigenvalue weighted by Gasteiger charge is -2.32. The van der Waals surface area contributed by atoms with Crippen molar-refractivity contribution in [2.75, 3.05) is 40.3 Å². The Morgan fingerprint density at radius 3 is 2.60 bits per heavy atom. The maximum atomic E-state index is 13.5. The average Bonchev–Trinajstić information content (AvgIpc) is 2.83. The van der Waals surface area contributed by atoms with E-state index in [9.17, 15) is 14.0 Å². The lowest BCUT2D eigenvalue weighted by molar-refractivity contribution is 0.0881. The Balaban J connectivity index is 1.24. The van der Waals surface area contributed by atoms with Gasteiger partial charge in [0.2, 0.25) is 0 Å². The van der Waals surface area contributed by atoms with Crippen LogP contribution in [0.15, 0.2) is 57.7 Å². The summed E-state index contributed by atoms with van der Waals surface area (Å²) in [7, 11) is 4.11. The first-order chi connectivity index (χ1) is 16.9. The predicted molar refractivity (Wildman–Crippen MR) is 133 cm³/mol. The van der Waals surface area contributed by atoms with Crippen molar-refractivity contribution < 1.29 is 18.3 Å². The van der Waals surface area contributed by atoms with Crippen LogP contribution < -0.4 is 15.5 Å². The Morgan fingerprint density at radius 2 is 1.89 bits per heavy atom. The first-order valence-corrected chi connectivity index (χ1v) is 12.0. The number of halogens is 1. The minimum Gasteiger partial charge on any atom is -0.494 e. The number of piperidine rings is 1. The molecule has 0 spiro atoms. The SMILES string of the molecule is CN(C)CCCOc1ccc(CN2CCC(NC(=O)c3cc(=O)c4ccc(F)cc4o3)CC2)cc1. The number of carbonyl (C=O) groups is 1. The number of hydrogen-bond donors (Lipinski definition) is 1. The van der Waals surface area contributed by atoms with Crippen molar-refractivity contribution in [3.05, 3.63) is 75.9 Å². The summed E-state index contributed by atoms with van der Waals surface area (Å²) >= 11 is 0. The van der Waals surface area contributed by atoms with Gasteiger partial charge in [-0.15, -0.1) is 0 Å². The number of ether oxygens (including phenoxy) is 1. The zero-order chi connectivity index (χ0) is 24.8. The molecule has 0 radical (unpaired) electrons. The summed E-state index contributed by atoms with van der Waals surface area (Å²) in [5.74, 6) is -0.183. The van der Waals surface area contributed by atoms with E-state index in [2.05, 4.69) is 41.3 Å². The number of likely N-dealkylation sites (tertiary alicyclic amines) is 1. The van der Waals surface area contributed by atoms with Crippen molar-refractivity contribution in [1.82, 2.24) is 15.1 Å². The molecule has 4 rings (SSSR count). The van der Waals surface area contributed by atoms with Crippen molar-refractivity contribution in [2.45, 2.75) is 31.8 Å². The van der Waals surface area contributed by atoms with Crippen LogP contribution in [-0.4, -0.2) is 62.1 Å². The second-order valence-electron chi connectivity index (χ2n) is 9.29. The minimum atomic E-state index is -0.521. The Kier molecular flexibility index (Phi) is 8.15. The van der Waals surface area contributed by atoms with Crippen molar-refractivity contribution in [3.63, 3.8) is 0 Å². The van der Waals surface area contributed by atoms with Gasteiger partial charge in [0.25, 0.3) is 5.91 Å². The zero-order valence-corrected chi connectivity index (χ0v) is 20.3. The van der Waals surface area contributed by atoms with E-state index in [0.717, 1.165) is 57.3 Å². The molecule has 0 saturated carbocycles. The number of carbonyl (C=O) groups excluding carboxylic acids is 1. The monoisotopic (exact) mass is 481 g/mol. The van der Waals surface area contributed by atoms with Gasteiger partial charge in [0.15, 0.2) is 11.2 Å². The minimum absolute atomic E-state index is 0.00907. The fourth-order valence-electron chi connectivity index (χ4n) is 4.25. The van der Waals surface area contributed by atoms with E-state index in [1.807, 2.05) is 12.1 Å². The van der Waals surface area contributed by atoms with Crippen molar-refractivity contribution in [3.8, 4) is 5.75 Å². The van der Waals surface area contributed by atoms with Crippen molar-refractivity contribution in [1.29, 1.82) is 0 Å². The standard InChI is InChI=1S/C27H32FN3O4/c1-30(2)12-3-15-34-22-7-4-19(5-8-22)18-31-13-10-21(11-14-31)29-27(33)26-17-24(32)23-9-6-20(28)16-25(23)35-26/h4-9,16-17,21H,3,10-15,18H2,1-2H3,(H,29,33). The number of rotatable bonds is 9. The lowest BCUT2D eigenvalue weighted by Crippen LogP contribution is -2.44. The lowest BCUT2D eigenvalue weighted by atomic mass is 10.0. The highest BCUT2D eigenvalue weighted by molar-refractivity contribution is 5.93. The molecule has 1 amide bonds. The highest BCUT2D eigenvalue weighted by Gasteiger charge is 2.22. The molecule has 1 saturated heterocycles. The van der Waals surface area contributed by atoms with Crippen LogP contribution in [0.4, 0.5) is 4.39 Å². The fraction of sp³-hybridized carbons (Fsp3) is 0.407. The summed E-state index contributed by atoms with van der Waals surface area (Å²) in [5.41, 5.74) is 0.928. The summed E-state index contributed by atoms with van der Waals surface area (Å²) in [6.45, 7) is 4.25. The largest absolute Gasteiger partial charge is 0.494 e. The smallest absolute Gasteiger partial charge is 0.287 e. The van der Waals surface area contributed by atoms with Crippen LogP contribution in [0.2, 0.25) is 0 Å². The predicted octanol–water partition coefficient (Wildman–Crippen LogP) is 3.66. The molecule has 8 heteroatoms.